The molecule has 0 aliphatic carbocycles. The van der Waals surface area contributed by atoms with Crippen LogP contribution < -0.4 is 0 Å². The van der Waals surface area contributed by atoms with Crippen LogP contribution in [0.2, 0.25) is 0 Å². The minimum absolute atomic E-state index is 0.160. The van der Waals surface area contributed by atoms with Gasteiger partial charge in [-0.2, -0.15) is 0 Å². The standard InChI is InChI=1S/C9H18O/c1-4-6-9(2,3)7-5-8-10/h5,7,10H,4,6,8H2,1-3H3/b7-5+. The summed E-state index contributed by atoms with van der Waals surface area (Å²) in [6, 6.07) is 0. The molecule has 0 aromatic heterocycles. The topological polar surface area (TPSA) is 20.2 Å². The second-order valence-corrected chi connectivity index (χ2v) is 3.32. The zero-order chi connectivity index (χ0) is 8.04. The lowest BCUT2D eigenvalue weighted by Gasteiger charge is -2.18. The van der Waals surface area contributed by atoms with Crippen molar-refractivity contribution in [3.05, 3.63) is 12.2 Å². The van der Waals surface area contributed by atoms with E-state index in [1.54, 1.807) is 0 Å². The second-order valence-electron chi connectivity index (χ2n) is 3.32. The highest BCUT2D eigenvalue weighted by atomic mass is 16.2. The average molecular weight is 142 g/mol. The van der Waals surface area contributed by atoms with Crippen molar-refractivity contribution in [3.63, 3.8) is 0 Å². The van der Waals surface area contributed by atoms with Crippen LogP contribution in [0, 0.1) is 5.41 Å². The Balaban J connectivity index is 3.73. The first-order valence-corrected chi connectivity index (χ1v) is 3.91. The molecular weight excluding hydrogens is 124 g/mol. The van der Waals surface area contributed by atoms with E-state index in [9.17, 15) is 0 Å². The molecular formula is C9H18O. The molecule has 1 N–H and O–H groups in total. The summed E-state index contributed by atoms with van der Waals surface area (Å²) in [6.07, 6.45) is 6.28. The number of allylic oxidation sites excluding steroid dienone is 1. The Bertz CT molecular complexity index is 103. The quantitative estimate of drug-likeness (QED) is 0.597. The van der Waals surface area contributed by atoms with Crippen LogP contribution in [-0.4, -0.2) is 11.7 Å². The molecule has 0 heterocycles. The number of hydrogen-bond donors (Lipinski definition) is 1. The molecule has 0 amide bonds. The Labute approximate surface area is 63.8 Å². The van der Waals surface area contributed by atoms with Crippen LogP contribution in [-0.2, 0) is 0 Å². The average Bonchev–Trinajstić information content (AvgIpc) is 1.84. The summed E-state index contributed by atoms with van der Waals surface area (Å²) in [4.78, 5) is 0. The summed E-state index contributed by atoms with van der Waals surface area (Å²) >= 11 is 0. The first kappa shape index (κ1) is 9.70. The third kappa shape index (κ3) is 4.57. The maximum atomic E-state index is 8.51. The van der Waals surface area contributed by atoms with E-state index in [-0.39, 0.29) is 12.0 Å². The van der Waals surface area contributed by atoms with Gasteiger partial charge < -0.3 is 5.11 Å². The molecule has 0 saturated carbocycles. The van der Waals surface area contributed by atoms with Crippen molar-refractivity contribution in [2.75, 3.05) is 6.61 Å². The van der Waals surface area contributed by atoms with Crippen molar-refractivity contribution in [1.82, 2.24) is 0 Å². The molecule has 0 aromatic carbocycles. The predicted octanol–water partition coefficient (Wildman–Crippen LogP) is 2.36. The summed E-state index contributed by atoms with van der Waals surface area (Å²) in [5, 5.41) is 8.51. The summed E-state index contributed by atoms with van der Waals surface area (Å²) < 4.78 is 0. The van der Waals surface area contributed by atoms with Crippen LogP contribution in [0.4, 0.5) is 0 Å². The van der Waals surface area contributed by atoms with Gasteiger partial charge in [-0.1, -0.05) is 39.3 Å². The fourth-order valence-electron chi connectivity index (χ4n) is 1.10. The minimum Gasteiger partial charge on any atom is -0.392 e. The van der Waals surface area contributed by atoms with Gasteiger partial charge in [0.25, 0.3) is 0 Å². The maximum Gasteiger partial charge on any atom is 0.0612 e. The second kappa shape index (κ2) is 4.51. The Morgan fingerprint density at radius 1 is 1.40 bits per heavy atom. The number of aliphatic hydroxyl groups excluding tert-OH is 1. The molecule has 60 valence electrons. The van der Waals surface area contributed by atoms with Gasteiger partial charge in [0.05, 0.1) is 6.61 Å². The highest BCUT2D eigenvalue weighted by molar-refractivity contribution is 4.94. The monoisotopic (exact) mass is 142 g/mol. The van der Waals surface area contributed by atoms with Crippen molar-refractivity contribution in [1.29, 1.82) is 0 Å². The van der Waals surface area contributed by atoms with Gasteiger partial charge in [-0.25, -0.2) is 0 Å². The smallest absolute Gasteiger partial charge is 0.0612 e. The van der Waals surface area contributed by atoms with Crippen molar-refractivity contribution >= 4 is 0 Å². The normalized spacial score (nSPS) is 12.8. The summed E-state index contributed by atoms with van der Waals surface area (Å²) in [5.41, 5.74) is 0.261. The van der Waals surface area contributed by atoms with Crippen LogP contribution in [0.15, 0.2) is 12.2 Å². The molecule has 0 atom stereocenters. The molecule has 0 rings (SSSR count). The van der Waals surface area contributed by atoms with Crippen LogP contribution in [0.5, 0.6) is 0 Å². The lowest BCUT2D eigenvalue weighted by Crippen LogP contribution is -2.06. The van der Waals surface area contributed by atoms with E-state index in [2.05, 4.69) is 26.8 Å². The van der Waals surface area contributed by atoms with Gasteiger partial charge in [0.1, 0.15) is 0 Å². The Morgan fingerprint density at radius 2 is 2.00 bits per heavy atom. The third-order valence-corrected chi connectivity index (χ3v) is 1.57. The van der Waals surface area contributed by atoms with E-state index in [1.807, 2.05) is 6.08 Å². The van der Waals surface area contributed by atoms with Gasteiger partial charge in [-0.15, -0.1) is 0 Å². The van der Waals surface area contributed by atoms with Gasteiger partial charge in [0.15, 0.2) is 0 Å². The lowest BCUT2D eigenvalue weighted by molar-refractivity contribution is 0.338. The van der Waals surface area contributed by atoms with Crippen LogP contribution in [0.3, 0.4) is 0 Å². The van der Waals surface area contributed by atoms with Gasteiger partial charge in [0.2, 0.25) is 0 Å². The number of rotatable bonds is 4. The van der Waals surface area contributed by atoms with Crippen LogP contribution >= 0.6 is 0 Å². The molecule has 0 radical (unpaired) electrons. The maximum absolute atomic E-state index is 8.51. The van der Waals surface area contributed by atoms with Crippen molar-refractivity contribution in [2.45, 2.75) is 33.6 Å². The Kier molecular flexibility index (Phi) is 4.37. The van der Waals surface area contributed by atoms with Gasteiger partial charge in [-0.3, -0.25) is 0 Å². The fourth-order valence-corrected chi connectivity index (χ4v) is 1.10. The SMILES string of the molecule is CCCC(C)(C)/C=C/CO. The lowest BCUT2D eigenvalue weighted by atomic mass is 9.88. The Hall–Kier alpha value is -0.300. The van der Waals surface area contributed by atoms with Gasteiger partial charge in [-0.05, 0) is 11.8 Å². The zero-order valence-corrected chi connectivity index (χ0v) is 7.22. The van der Waals surface area contributed by atoms with E-state index in [0.717, 1.165) is 0 Å². The van der Waals surface area contributed by atoms with E-state index < -0.39 is 0 Å². The van der Waals surface area contributed by atoms with Crippen molar-refractivity contribution < 1.29 is 5.11 Å². The van der Waals surface area contributed by atoms with Crippen LogP contribution in [0.1, 0.15) is 33.6 Å². The largest absolute Gasteiger partial charge is 0.392 e. The molecule has 0 spiro atoms. The Morgan fingerprint density at radius 3 is 2.40 bits per heavy atom. The van der Waals surface area contributed by atoms with E-state index in [1.165, 1.54) is 12.8 Å². The molecule has 0 saturated heterocycles. The summed E-state index contributed by atoms with van der Waals surface area (Å²) in [5.74, 6) is 0. The molecule has 0 fully saturated rings. The summed E-state index contributed by atoms with van der Waals surface area (Å²) in [6.45, 7) is 6.70. The van der Waals surface area contributed by atoms with E-state index in [0.29, 0.717) is 0 Å². The third-order valence-electron chi connectivity index (χ3n) is 1.57. The highest BCUT2D eigenvalue weighted by Gasteiger charge is 2.10. The number of aliphatic hydroxyl groups is 1. The fraction of sp³-hybridized carbons (Fsp3) is 0.778. The predicted molar refractivity (Wildman–Crippen MR) is 44.9 cm³/mol. The first-order chi connectivity index (χ1) is 4.62. The summed E-state index contributed by atoms with van der Waals surface area (Å²) in [7, 11) is 0. The minimum atomic E-state index is 0.160. The molecule has 10 heavy (non-hydrogen) atoms. The molecule has 0 unspecified atom stereocenters. The highest BCUT2D eigenvalue weighted by Crippen LogP contribution is 2.23. The van der Waals surface area contributed by atoms with E-state index in [4.69, 9.17) is 5.11 Å². The molecule has 0 aliphatic rings. The van der Waals surface area contributed by atoms with E-state index >= 15 is 0 Å². The molecule has 0 bridgehead atoms. The van der Waals surface area contributed by atoms with Crippen molar-refractivity contribution in [3.8, 4) is 0 Å². The molecule has 1 heteroatoms. The number of hydrogen-bond acceptors (Lipinski definition) is 1. The van der Waals surface area contributed by atoms with Gasteiger partial charge in [0, 0.05) is 0 Å². The molecule has 0 aromatic rings. The molecule has 0 aliphatic heterocycles. The van der Waals surface area contributed by atoms with Gasteiger partial charge >= 0.3 is 0 Å². The van der Waals surface area contributed by atoms with Crippen LogP contribution in [0.25, 0.3) is 0 Å². The molecule has 1 nitrogen and oxygen atoms in total. The van der Waals surface area contributed by atoms with Crippen molar-refractivity contribution in [2.24, 2.45) is 5.41 Å². The zero-order valence-electron chi connectivity index (χ0n) is 7.22. The first-order valence-electron chi connectivity index (χ1n) is 3.91.